The number of amides is 1. The van der Waals surface area contributed by atoms with E-state index in [0.717, 1.165) is 12.1 Å². The van der Waals surface area contributed by atoms with Crippen molar-refractivity contribution in [2.75, 3.05) is 12.4 Å². The third-order valence-corrected chi connectivity index (χ3v) is 3.09. The molecule has 6 heteroatoms. The van der Waals surface area contributed by atoms with Crippen LogP contribution in [0.5, 0.6) is 5.75 Å². The molecule has 2 aromatic carbocycles. The van der Waals surface area contributed by atoms with Crippen molar-refractivity contribution in [3.63, 3.8) is 0 Å². The molecule has 2 aromatic rings. The van der Waals surface area contributed by atoms with Crippen LogP contribution in [0.25, 0.3) is 0 Å². The highest BCUT2D eigenvalue weighted by Crippen LogP contribution is 2.28. The molecule has 0 atom stereocenters. The van der Waals surface area contributed by atoms with Gasteiger partial charge in [0.15, 0.2) is 0 Å². The number of rotatable bonds is 3. The average Bonchev–Trinajstić information content (AvgIpc) is 2.38. The molecule has 0 saturated heterocycles. The van der Waals surface area contributed by atoms with Crippen LogP contribution in [0.4, 0.5) is 14.5 Å². The van der Waals surface area contributed by atoms with Gasteiger partial charge in [-0.2, -0.15) is 0 Å². The summed E-state index contributed by atoms with van der Waals surface area (Å²) in [6.07, 6.45) is 0. The van der Waals surface area contributed by atoms with Crippen molar-refractivity contribution < 1.29 is 18.3 Å². The lowest BCUT2D eigenvalue weighted by atomic mass is 10.1. The maximum Gasteiger partial charge on any atom is 0.261 e. The number of hydrogen-bond donors (Lipinski definition) is 1. The van der Waals surface area contributed by atoms with E-state index in [1.165, 1.54) is 13.2 Å². The Morgan fingerprint density at radius 3 is 2.45 bits per heavy atom. The minimum absolute atomic E-state index is 0.314. The summed E-state index contributed by atoms with van der Waals surface area (Å²) in [6, 6.07) is 8.17. The van der Waals surface area contributed by atoms with E-state index in [2.05, 4.69) is 21.2 Å². The van der Waals surface area contributed by atoms with Crippen LogP contribution in [-0.4, -0.2) is 13.0 Å². The third-order valence-electron chi connectivity index (χ3n) is 2.60. The summed E-state index contributed by atoms with van der Waals surface area (Å²) in [5.41, 5.74) is -0.316. The van der Waals surface area contributed by atoms with Crippen LogP contribution in [0, 0.1) is 11.6 Å². The smallest absolute Gasteiger partial charge is 0.261 e. The molecule has 2 rings (SSSR count). The number of nitrogens with one attached hydrogen (secondary N) is 1. The van der Waals surface area contributed by atoms with Gasteiger partial charge in [-0.3, -0.25) is 4.79 Å². The van der Waals surface area contributed by atoms with Crippen molar-refractivity contribution in [1.82, 2.24) is 0 Å². The second-order valence-electron chi connectivity index (χ2n) is 3.90. The predicted octanol–water partition coefficient (Wildman–Crippen LogP) is 3.99. The molecule has 0 fully saturated rings. The Morgan fingerprint density at radius 2 is 1.85 bits per heavy atom. The van der Waals surface area contributed by atoms with E-state index in [9.17, 15) is 13.6 Å². The number of hydrogen-bond acceptors (Lipinski definition) is 2. The lowest BCUT2D eigenvalue weighted by molar-refractivity contribution is 0.101. The van der Waals surface area contributed by atoms with E-state index in [4.69, 9.17) is 4.74 Å². The minimum Gasteiger partial charge on any atom is -0.495 e. The molecule has 0 aliphatic carbocycles. The van der Waals surface area contributed by atoms with Crippen LogP contribution >= 0.6 is 15.9 Å². The number of ether oxygens (including phenoxy) is 1. The fraction of sp³-hybridized carbons (Fsp3) is 0.0714. The van der Waals surface area contributed by atoms with Crippen LogP contribution in [0.1, 0.15) is 10.4 Å². The largest absolute Gasteiger partial charge is 0.495 e. The summed E-state index contributed by atoms with van der Waals surface area (Å²) in [5.74, 6) is -2.33. The highest BCUT2D eigenvalue weighted by molar-refractivity contribution is 9.10. The van der Waals surface area contributed by atoms with Gasteiger partial charge in [-0.25, -0.2) is 8.78 Å². The summed E-state index contributed by atoms with van der Waals surface area (Å²) in [4.78, 5) is 12.0. The highest BCUT2D eigenvalue weighted by atomic mass is 79.9. The quantitative estimate of drug-likeness (QED) is 0.916. The van der Waals surface area contributed by atoms with Crippen molar-refractivity contribution in [2.24, 2.45) is 0 Å². The van der Waals surface area contributed by atoms with E-state index in [1.807, 2.05) is 0 Å². The van der Waals surface area contributed by atoms with Gasteiger partial charge in [0.2, 0.25) is 0 Å². The summed E-state index contributed by atoms with van der Waals surface area (Å²) < 4.78 is 32.8. The first-order valence-electron chi connectivity index (χ1n) is 5.62. The zero-order valence-corrected chi connectivity index (χ0v) is 12.0. The molecular formula is C14H10BrF2NO2. The standard InChI is InChI=1S/C14H10BrF2NO2/c1-20-12-6-5-8(15)7-11(12)18-14(19)13-9(16)3-2-4-10(13)17/h2-7H,1H3,(H,18,19). The molecule has 1 N–H and O–H groups in total. The molecule has 0 aliphatic rings. The zero-order chi connectivity index (χ0) is 14.7. The Morgan fingerprint density at radius 1 is 1.20 bits per heavy atom. The highest BCUT2D eigenvalue weighted by Gasteiger charge is 2.18. The SMILES string of the molecule is COc1ccc(Br)cc1NC(=O)c1c(F)cccc1F. The van der Waals surface area contributed by atoms with Gasteiger partial charge in [-0.05, 0) is 30.3 Å². The Bertz CT molecular complexity index is 641. The van der Waals surface area contributed by atoms with E-state index in [0.29, 0.717) is 15.9 Å². The summed E-state index contributed by atoms with van der Waals surface area (Å²) in [5, 5.41) is 2.43. The number of halogens is 3. The lowest BCUT2D eigenvalue weighted by Gasteiger charge is -2.11. The van der Waals surface area contributed by atoms with Gasteiger partial charge in [0.05, 0.1) is 12.8 Å². The van der Waals surface area contributed by atoms with Crippen molar-refractivity contribution >= 4 is 27.5 Å². The molecule has 0 heterocycles. The summed E-state index contributed by atoms with van der Waals surface area (Å²) >= 11 is 3.25. The van der Waals surface area contributed by atoms with Gasteiger partial charge in [0.1, 0.15) is 22.9 Å². The molecule has 0 radical (unpaired) electrons. The molecule has 0 saturated carbocycles. The second kappa shape index (κ2) is 6.00. The Balaban J connectivity index is 2.35. The summed E-state index contributed by atoms with van der Waals surface area (Å²) in [6.45, 7) is 0. The maximum atomic E-state index is 13.5. The van der Waals surface area contributed by atoms with E-state index in [1.54, 1.807) is 18.2 Å². The van der Waals surface area contributed by atoms with Gasteiger partial charge in [-0.15, -0.1) is 0 Å². The number of carbonyl (C=O) groups is 1. The van der Waals surface area contributed by atoms with Crippen molar-refractivity contribution in [3.8, 4) is 5.75 Å². The average molecular weight is 342 g/mol. The Kier molecular flexibility index (Phi) is 4.34. The van der Waals surface area contributed by atoms with Gasteiger partial charge in [-0.1, -0.05) is 22.0 Å². The first kappa shape index (κ1) is 14.5. The number of anilines is 1. The normalized spacial score (nSPS) is 10.2. The van der Waals surface area contributed by atoms with Crippen molar-refractivity contribution in [3.05, 3.63) is 58.1 Å². The lowest BCUT2D eigenvalue weighted by Crippen LogP contribution is -2.16. The van der Waals surface area contributed by atoms with Gasteiger partial charge in [0, 0.05) is 4.47 Å². The number of carbonyl (C=O) groups excluding carboxylic acids is 1. The first-order chi connectivity index (χ1) is 9.52. The topological polar surface area (TPSA) is 38.3 Å². The fourth-order valence-corrected chi connectivity index (χ4v) is 2.04. The molecule has 104 valence electrons. The van der Waals surface area contributed by atoms with Crippen LogP contribution in [0.2, 0.25) is 0 Å². The van der Waals surface area contributed by atoms with E-state index >= 15 is 0 Å². The maximum absolute atomic E-state index is 13.5. The second-order valence-corrected chi connectivity index (χ2v) is 4.81. The van der Waals surface area contributed by atoms with Crippen LogP contribution in [0.15, 0.2) is 40.9 Å². The van der Waals surface area contributed by atoms with E-state index in [-0.39, 0.29) is 0 Å². The van der Waals surface area contributed by atoms with Crippen molar-refractivity contribution in [1.29, 1.82) is 0 Å². The molecule has 0 spiro atoms. The van der Waals surface area contributed by atoms with Gasteiger partial charge < -0.3 is 10.1 Å². The summed E-state index contributed by atoms with van der Waals surface area (Å²) in [7, 11) is 1.43. The first-order valence-corrected chi connectivity index (χ1v) is 6.41. The molecule has 0 bridgehead atoms. The van der Waals surface area contributed by atoms with Crippen LogP contribution in [-0.2, 0) is 0 Å². The molecule has 0 aliphatic heterocycles. The predicted molar refractivity (Wildman–Crippen MR) is 75.0 cm³/mol. The molecule has 0 unspecified atom stereocenters. The fourth-order valence-electron chi connectivity index (χ4n) is 1.68. The zero-order valence-electron chi connectivity index (χ0n) is 10.4. The van der Waals surface area contributed by atoms with Gasteiger partial charge in [0.25, 0.3) is 5.91 Å². The van der Waals surface area contributed by atoms with Crippen molar-refractivity contribution in [2.45, 2.75) is 0 Å². The number of methoxy groups -OCH3 is 1. The molecule has 1 amide bonds. The Labute approximate surface area is 122 Å². The third kappa shape index (κ3) is 2.96. The number of benzene rings is 2. The van der Waals surface area contributed by atoms with E-state index < -0.39 is 23.1 Å². The monoisotopic (exact) mass is 341 g/mol. The van der Waals surface area contributed by atoms with Crippen LogP contribution in [0.3, 0.4) is 0 Å². The van der Waals surface area contributed by atoms with Crippen LogP contribution < -0.4 is 10.1 Å². The molecule has 20 heavy (non-hydrogen) atoms. The molecular weight excluding hydrogens is 332 g/mol. The minimum atomic E-state index is -0.920. The Hall–Kier alpha value is -1.95. The molecule has 0 aromatic heterocycles. The molecule has 3 nitrogen and oxygen atoms in total. The van der Waals surface area contributed by atoms with Gasteiger partial charge >= 0.3 is 0 Å².